The van der Waals surface area contributed by atoms with Gasteiger partial charge in [0.15, 0.2) is 0 Å². The van der Waals surface area contributed by atoms with E-state index < -0.39 is 0 Å². The molecule has 126 valence electrons. The lowest BCUT2D eigenvalue weighted by molar-refractivity contribution is 0.143. The van der Waals surface area contributed by atoms with Gasteiger partial charge < -0.3 is 9.64 Å². The monoisotopic (exact) mass is 332 g/mol. The van der Waals surface area contributed by atoms with Gasteiger partial charge in [-0.15, -0.1) is 0 Å². The van der Waals surface area contributed by atoms with Crippen LogP contribution in [0, 0.1) is 0 Å². The molecule has 1 amide bonds. The second kappa shape index (κ2) is 6.93. The first kappa shape index (κ1) is 15.6. The molecule has 0 saturated carbocycles. The van der Waals surface area contributed by atoms with Crippen molar-refractivity contribution >= 4 is 17.0 Å². The summed E-state index contributed by atoms with van der Waals surface area (Å²) in [6, 6.07) is 19.6. The highest BCUT2D eigenvalue weighted by Crippen LogP contribution is 2.30. The van der Waals surface area contributed by atoms with Crippen molar-refractivity contribution < 1.29 is 9.53 Å². The second-order valence-corrected chi connectivity index (χ2v) is 6.30. The van der Waals surface area contributed by atoms with Gasteiger partial charge in [-0.25, -0.2) is 9.78 Å². The van der Waals surface area contributed by atoms with Crippen molar-refractivity contribution in [2.75, 3.05) is 13.1 Å². The Labute approximate surface area is 147 Å². The number of benzene rings is 2. The second-order valence-electron chi connectivity index (χ2n) is 6.30. The maximum absolute atomic E-state index is 12.5. The molecule has 1 aromatic heterocycles. The molecule has 0 aliphatic carbocycles. The number of fused-ring (bicyclic) bond motifs is 1. The zero-order valence-electron chi connectivity index (χ0n) is 14.0. The summed E-state index contributed by atoms with van der Waals surface area (Å²) in [5.41, 5.74) is 2.63. The van der Waals surface area contributed by atoms with Crippen LogP contribution in [0.15, 0.2) is 60.7 Å². The van der Waals surface area contributed by atoms with E-state index in [1.54, 1.807) is 4.90 Å². The van der Waals surface area contributed by atoms with E-state index >= 15 is 0 Å². The van der Waals surface area contributed by atoms with Crippen LogP contribution in [0.1, 0.15) is 19.3 Å². The fourth-order valence-electron chi connectivity index (χ4n) is 3.22. The highest BCUT2D eigenvalue weighted by atomic mass is 16.6. The smallest absolute Gasteiger partial charge is 0.409 e. The number of carbonyl (C=O) groups is 1. The van der Waals surface area contributed by atoms with Crippen LogP contribution in [-0.4, -0.2) is 29.1 Å². The minimum atomic E-state index is -0.268. The number of pyridine rings is 1. The number of likely N-dealkylation sites (tertiary alicyclic amines) is 1. The number of nitrogens with zero attached hydrogens (tertiary/aromatic N) is 2. The standard InChI is InChI=1S/C21H20N2O2/c24-21(23-13-7-2-8-14-23)25-20-15-19(16-9-3-1-4-10-16)22-18-12-6-5-11-17(18)20/h1,3-6,9-12,15H,2,7-8,13-14H2. The van der Waals surface area contributed by atoms with Gasteiger partial charge in [-0.2, -0.15) is 0 Å². The van der Waals surface area contributed by atoms with Gasteiger partial charge in [0.05, 0.1) is 11.2 Å². The van der Waals surface area contributed by atoms with Crippen LogP contribution in [0.25, 0.3) is 22.2 Å². The Kier molecular flexibility index (Phi) is 4.34. The Morgan fingerprint density at radius 2 is 1.64 bits per heavy atom. The molecule has 0 atom stereocenters. The summed E-state index contributed by atoms with van der Waals surface area (Å²) in [4.78, 5) is 19.1. The summed E-state index contributed by atoms with van der Waals surface area (Å²) in [6.07, 6.45) is 3.00. The molecule has 1 aliphatic rings. The Morgan fingerprint density at radius 3 is 2.44 bits per heavy atom. The van der Waals surface area contributed by atoms with E-state index in [-0.39, 0.29) is 6.09 Å². The zero-order valence-corrected chi connectivity index (χ0v) is 14.0. The molecule has 0 unspecified atom stereocenters. The number of ether oxygens (including phenoxy) is 1. The van der Waals surface area contributed by atoms with Gasteiger partial charge in [0.25, 0.3) is 0 Å². The molecular formula is C21H20N2O2. The first-order valence-electron chi connectivity index (χ1n) is 8.73. The maximum atomic E-state index is 12.5. The van der Waals surface area contributed by atoms with E-state index in [0.29, 0.717) is 5.75 Å². The molecular weight excluding hydrogens is 312 g/mol. The number of hydrogen-bond acceptors (Lipinski definition) is 3. The minimum Gasteiger partial charge on any atom is -0.409 e. The highest BCUT2D eigenvalue weighted by molar-refractivity contribution is 5.90. The topological polar surface area (TPSA) is 42.4 Å². The van der Waals surface area contributed by atoms with Crippen molar-refractivity contribution in [1.82, 2.24) is 9.88 Å². The molecule has 0 N–H and O–H groups in total. The van der Waals surface area contributed by atoms with Crippen LogP contribution < -0.4 is 4.74 Å². The summed E-state index contributed by atoms with van der Waals surface area (Å²) in [5.74, 6) is 0.569. The normalized spacial score (nSPS) is 14.5. The Morgan fingerprint density at radius 1 is 0.920 bits per heavy atom. The van der Waals surface area contributed by atoms with E-state index in [0.717, 1.165) is 48.1 Å². The van der Waals surface area contributed by atoms with Gasteiger partial charge in [-0.3, -0.25) is 0 Å². The number of aromatic nitrogens is 1. The molecule has 4 heteroatoms. The van der Waals surface area contributed by atoms with E-state index in [1.165, 1.54) is 6.42 Å². The molecule has 4 nitrogen and oxygen atoms in total. The van der Waals surface area contributed by atoms with Crippen molar-refractivity contribution in [1.29, 1.82) is 0 Å². The predicted octanol–water partition coefficient (Wildman–Crippen LogP) is 4.89. The first-order chi connectivity index (χ1) is 12.3. The molecule has 4 rings (SSSR count). The molecule has 3 aromatic rings. The van der Waals surface area contributed by atoms with Gasteiger partial charge in [-0.05, 0) is 31.4 Å². The summed E-state index contributed by atoms with van der Waals surface area (Å²) < 4.78 is 5.78. The Hall–Kier alpha value is -2.88. The highest BCUT2D eigenvalue weighted by Gasteiger charge is 2.20. The third-order valence-corrected chi connectivity index (χ3v) is 4.56. The van der Waals surface area contributed by atoms with Crippen molar-refractivity contribution in [3.8, 4) is 17.0 Å². The van der Waals surface area contributed by atoms with Crippen LogP contribution >= 0.6 is 0 Å². The Balaban J connectivity index is 1.72. The van der Waals surface area contributed by atoms with Gasteiger partial charge in [0.2, 0.25) is 0 Å². The number of piperidine rings is 1. The van der Waals surface area contributed by atoms with Crippen LogP contribution in [-0.2, 0) is 0 Å². The fraction of sp³-hybridized carbons (Fsp3) is 0.238. The molecule has 1 aliphatic heterocycles. The molecule has 2 heterocycles. The number of para-hydroxylation sites is 1. The number of amides is 1. The SMILES string of the molecule is O=C(Oc1cc(-c2ccccc2)nc2ccccc12)N1CCCCC1. The third-order valence-electron chi connectivity index (χ3n) is 4.56. The maximum Gasteiger partial charge on any atom is 0.415 e. The van der Waals surface area contributed by atoms with Crippen LogP contribution in [0.3, 0.4) is 0 Å². The largest absolute Gasteiger partial charge is 0.415 e. The molecule has 0 radical (unpaired) electrons. The molecule has 1 saturated heterocycles. The van der Waals surface area contributed by atoms with Crippen LogP contribution in [0.4, 0.5) is 4.79 Å². The summed E-state index contributed by atoms with van der Waals surface area (Å²) in [7, 11) is 0. The number of hydrogen-bond donors (Lipinski definition) is 0. The molecule has 25 heavy (non-hydrogen) atoms. The average Bonchev–Trinajstić information content (AvgIpc) is 2.69. The summed E-state index contributed by atoms with van der Waals surface area (Å²) in [6.45, 7) is 1.54. The van der Waals surface area contributed by atoms with E-state index in [4.69, 9.17) is 9.72 Å². The summed E-state index contributed by atoms with van der Waals surface area (Å²) >= 11 is 0. The molecule has 0 spiro atoms. The first-order valence-corrected chi connectivity index (χ1v) is 8.73. The zero-order chi connectivity index (χ0) is 17.1. The van der Waals surface area contributed by atoms with Gasteiger partial charge in [0, 0.05) is 30.1 Å². The third kappa shape index (κ3) is 3.33. The van der Waals surface area contributed by atoms with E-state index in [9.17, 15) is 4.79 Å². The number of rotatable bonds is 2. The van der Waals surface area contributed by atoms with Crippen LogP contribution in [0.5, 0.6) is 5.75 Å². The van der Waals surface area contributed by atoms with E-state index in [2.05, 4.69) is 0 Å². The fourth-order valence-corrected chi connectivity index (χ4v) is 3.22. The van der Waals surface area contributed by atoms with Crippen molar-refractivity contribution in [3.05, 3.63) is 60.7 Å². The van der Waals surface area contributed by atoms with E-state index in [1.807, 2.05) is 60.7 Å². The quantitative estimate of drug-likeness (QED) is 0.671. The van der Waals surface area contributed by atoms with Gasteiger partial charge in [0.1, 0.15) is 5.75 Å². The molecule has 2 aromatic carbocycles. The minimum absolute atomic E-state index is 0.268. The number of carbonyl (C=O) groups excluding carboxylic acids is 1. The molecule has 0 bridgehead atoms. The lowest BCUT2D eigenvalue weighted by Crippen LogP contribution is -2.37. The van der Waals surface area contributed by atoms with Crippen molar-refractivity contribution in [2.45, 2.75) is 19.3 Å². The van der Waals surface area contributed by atoms with Crippen molar-refractivity contribution in [2.24, 2.45) is 0 Å². The van der Waals surface area contributed by atoms with Gasteiger partial charge >= 0.3 is 6.09 Å². The average molecular weight is 332 g/mol. The van der Waals surface area contributed by atoms with Crippen molar-refractivity contribution in [3.63, 3.8) is 0 Å². The Bertz CT molecular complexity index is 887. The predicted molar refractivity (Wildman–Crippen MR) is 98.6 cm³/mol. The summed E-state index contributed by atoms with van der Waals surface area (Å²) in [5, 5.41) is 0.854. The lowest BCUT2D eigenvalue weighted by atomic mass is 10.1. The lowest BCUT2D eigenvalue weighted by Gasteiger charge is -2.26. The van der Waals surface area contributed by atoms with Crippen LogP contribution in [0.2, 0.25) is 0 Å². The molecule has 1 fully saturated rings. The van der Waals surface area contributed by atoms with Gasteiger partial charge in [-0.1, -0.05) is 42.5 Å².